The molecule has 0 bridgehead atoms. The Morgan fingerprint density at radius 2 is 2.31 bits per heavy atom. The Morgan fingerprint density at radius 1 is 1.50 bits per heavy atom. The number of nitrogens with two attached hydrogens (primary N) is 1. The average molecular weight is 222 g/mol. The van der Waals surface area contributed by atoms with Crippen molar-refractivity contribution in [2.45, 2.75) is 25.0 Å². The maximum Gasteiger partial charge on any atom is 0.0895 e. The van der Waals surface area contributed by atoms with Crippen molar-refractivity contribution in [3.63, 3.8) is 0 Å². The zero-order valence-electron chi connectivity index (χ0n) is 9.19. The van der Waals surface area contributed by atoms with Gasteiger partial charge in [-0.1, -0.05) is 6.07 Å². The number of nitrogen functional groups attached to an aromatic ring is 1. The molecule has 2 unspecified atom stereocenters. The van der Waals surface area contributed by atoms with Gasteiger partial charge in [0.15, 0.2) is 0 Å². The van der Waals surface area contributed by atoms with Gasteiger partial charge in [0.1, 0.15) is 0 Å². The van der Waals surface area contributed by atoms with Crippen LogP contribution < -0.4 is 11.1 Å². The summed E-state index contributed by atoms with van der Waals surface area (Å²) in [7, 11) is 0. The largest absolute Gasteiger partial charge is 0.399 e. The van der Waals surface area contributed by atoms with E-state index >= 15 is 0 Å². The highest BCUT2D eigenvalue weighted by Gasteiger charge is 2.22. The summed E-state index contributed by atoms with van der Waals surface area (Å²) in [6.45, 7) is 0.222. The van der Waals surface area contributed by atoms with Crippen molar-refractivity contribution in [1.82, 2.24) is 5.32 Å². The molecule has 2 rings (SSSR count). The SMILES string of the molecule is Nc1ccc2c(c1)CCC2NCC(O)CO. The molecule has 2 atom stereocenters. The Morgan fingerprint density at radius 3 is 3.06 bits per heavy atom. The fourth-order valence-corrected chi connectivity index (χ4v) is 2.19. The van der Waals surface area contributed by atoms with Crippen molar-refractivity contribution in [2.75, 3.05) is 18.9 Å². The molecule has 0 aromatic heterocycles. The van der Waals surface area contributed by atoms with Crippen LogP contribution in [-0.4, -0.2) is 29.5 Å². The van der Waals surface area contributed by atoms with Gasteiger partial charge in [-0.3, -0.25) is 0 Å². The highest BCUT2D eigenvalue weighted by atomic mass is 16.3. The summed E-state index contributed by atoms with van der Waals surface area (Å²) in [4.78, 5) is 0. The summed E-state index contributed by atoms with van der Waals surface area (Å²) < 4.78 is 0. The average Bonchev–Trinajstić information content (AvgIpc) is 2.68. The van der Waals surface area contributed by atoms with Crippen LogP contribution in [0.15, 0.2) is 18.2 Å². The smallest absolute Gasteiger partial charge is 0.0895 e. The Bertz CT molecular complexity index is 368. The molecule has 0 aliphatic heterocycles. The summed E-state index contributed by atoms with van der Waals surface area (Å²) in [6.07, 6.45) is 1.36. The third-order valence-electron chi connectivity index (χ3n) is 3.06. The minimum atomic E-state index is -0.683. The third kappa shape index (κ3) is 2.35. The quantitative estimate of drug-likeness (QED) is 0.549. The van der Waals surface area contributed by atoms with E-state index in [9.17, 15) is 5.11 Å². The van der Waals surface area contributed by atoms with Crippen LogP contribution in [0.3, 0.4) is 0 Å². The molecule has 0 radical (unpaired) electrons. The summed E-state index contributed by atoms with van der Waals surface area (Å²) in [5.41, 5.74) is 9.08. The van der Waals surface area contributed by atoms with Gasteiger partial charge in [-0.2, -0.15) is 0 Å². The number of aliphatic hydroxyl groups is 2. The molecular formula is C12H18N2O2. The molecule has 0 spiro atoms. The molecule has 4 heteroatoms. The van der Waals surface area contributed by atoms with Crippen molar-refractivity contribution in [3.8, 4) is 0 Å². The third-order valence-corrected chi connectivity index (χ3v) is 3.06. The lowest BCUT2D eigenvalue weighted by Gasteiger charge is -2.16. The van der Waals surface area contributed by atoms with E-state index in [-0.39, 0.29) is 12.6 Å². The van der Waals surface area contributed by atoms with E-state index in [1.165, 1.54) is 11.1 Å². The van der Waals surface area contributed by atoms with Crippen molar-refractivity contribution in [1.29, 1.82) is 0 Å². The normalized spacial score (nSPS) is 20.8. The number of benzene rings is 1. The lowest BCUT2D eigenvalue weighted by Crippen LogP contribution is -2.31. The number of hydrogen-bond acceptors (Lipinski definition) is 4. The molecule has 5 N–H and O–H groups in total. The molecule has 1 aromatic rings. The molecule has 0 amide bonds. The summed E-state index contributed by atoms with van der Waals surface area (Å²) in [5.74, 6) is 0. The molecule has 88 valence electrons. The summed E-state index contributed by atoms with van der Waals surface area (Å²) in [5, 5.41) is 21.3. The van der Waals surface area contributed by atoms with Gasteiger partial charge in [-0.15, -0.1) is 0 Å². The van der Waals surface area contributed by atoms with Crippen LogP contribution in [0.25, 0.3) is 0 Å². The van der Waals surface area contributed by atoms with Crippen LogP contribution in [0, 0.1) is 0 Å². The predicted molar refractivity (Wildman–Crippen MR) is 63.0 cm³/mol. The second kappa shape index (κ2) is 4.82. The lowest BCUT2D eigenvalue weighted by molar-refractivity contribution is 0.0919. The Labute approximate surface area is 95.1 Å². The van der Waals surface area contributed by atoms with Crippen molar-refractivity contribution >= 4 is 5.69 Å². The topological polar surface area (TPSA) is 78.5 Å². The summed E-state index contributed by atoms with van der Waals surface area (Å²) >= 11 is 0. The molecule has 16 heavy (non-hydrogen) atoms. The number of aryl methyl sites for hydroxylation is 1. The van der Waals surface area contributed by atoms with Crippen molar-refractivity contribution in [2.24, 2.45) is 0 Å². The van der Waals surface area contributed by atoms with Gasteiger partial charge in [0.2, 0.25) is 0 Å². The van der Waals surface area contributed by atoms with E-state index < -0.39 is 6.10 Å². The van der Waals surface area contributed by atoms with E-state index in [0.29, 0.717) is 6.54 Å². The lowest BCUT2D eigenvalue weighted by atomic mass is 10.1. The molecule has 1 aromatic carbocycles. The maximum absolute atomic E-state index is 9.28. The van der Waals surface area contributed by atoms with Crippen molar-refractivity contribution < 1.29 is 10.2 Å². The highest BCUT2D eigenvalue weighted by Crippen LogP contribution is 2.32. The molecule has 0 saturated heterocycles. The van der Waals surface area contributed by atoms with E-state index in [1.807, 2.05) is 18.2 Å². The first-order valence-corrected chi connectivity index (χ1v) is 5.61. The maximum atomic E-state index is 9.28. The van der Waals surface area contributed by atoms with E-state index in [2.05, 4.69) is 5.32 Å². The highest BCUT2D eigenvalue weighted by molar-refractivity contribution is 5.47. The van der Waals surface area contributed by atoms with Gasteiger partial charge in [-0.25, -0.2) is 0 Å². The van der Waals surface area contributed by atoms with Crippen LogP contribution in [0.5, 0.6) is 0 Å². The van der Waals surface area contributed by atoms with E-state index in [1.54, 1.807) is 0 Å². The standard InChI is InChI=1S/C12H18N2O2/c13-9-2-3-11-8(5-9)1-4-12(11)14-6-10(16)7-15/h2-3,5,10,12,14-16H,1,4,6-7,13H2. The minimum absolute atomic E-state index is 0.200. The second-order valence-corrected chi connectivity index (χ2v) is 4.29. The molecule has 1 aliphatic carbocycles. The number of aliphatic hydroxyl groups excluding tert-OH is 2. The van der Waals surface area contributed by atoms with E-state index in [4.69, 9.17) is 10.8 Å². The number of fused-ring (bicyclic) bond motifs is 1. The summed E-state index contributed by atoms with van der Waals surface area (Å²) in [6, 6.07) is 6.23. The molecule has 4 nitrogen and oxygen atoms in total. The van der Waals surface area contributed by atoms with Gasteiger partial charge in [-0.05, 0) is 36.1 Å². The van der Waals surface area contributed by atoms with Crippen LogP contribution >= 0.6 is 0 Å². The van der Waals surface area contributed by atoms with Crippen LogP contribution in [0.2, 0.25) is 0 Å². The first-order chi connectivity index (χ1) is 7.70. The molecule has 0 heterocycles. The van der Waals surface area contributed by atoms with Gasteiger partial charge < -0.3 is 21.3 Å². The number of hydrogen-bond donors (Lipinski definition) is 4. The fourth-order valence-electron chi connectivity index (χ4n) is 2.19. The molecule has 1 aliphatic rings. The first kappa shape index (κ1) is 11.4. The second-order valence-electron chi connectivity index (χ2n) is 4.29. The van der Waals surface area contributed by atoms with Gasteiger partial charge in [0.05, 0.1) is 12.7 Å². The zero-order valence-corrected chi connectivity index (χ0v) is 9.19. The molecule has 0 fully saturated rings. The minimum Gasteiger partial charge on any atom is -0.399 e. The van der Waals surface area contributed by atoms with Crippen LogP contribution in [-0.2, 0) is 6.42 Å². The monoisotopic (exact) mass is 222 g/mol. The fraction of sp³-hybridized carbons (Fsp3) is 0.500. The Balaban J connectivity index is 2.01. The predicted octanol–water partition coefficient (Wildman–Crippen LogP) is 0.199. The zero-order chi connectivity index (χ0) is 11.5. The van der Waals surface area contributed by atoms with Gasteiger partial charge in [0, 0.05) is 18.3 Å². The van der Waals surface area contributed by atoms with Gasteiger partial charge in [0.25, 0.3) is 0 Å². The van der Waals surface area contributed by atoms with Crippen molar-refractivity contribution in [3.05, 3.63) is 29.3 Å². The Kier molecular flexibility index (Phi) is 3.43. The molecule has 0 saturated carbocycles. The Hall–Kier alpha value is -1.10. The van der Waals surface area contributed by atoms with E-state index in [0.717, 1.165) is 18.5 Å². The number of rotatable bonds is 4. The molecular weight excluding hydrogens is 204 g/mol. The number of anilines is 1. The van der Waals surface area contributed by atoms with Crippen LogP contribution in [0.1, 0.15) is 23.6 Å². The van der Waals surface area contributed by atoms with Gasteiger partial charge >= 0.3 is 0 Å². The van der Waals surface area contributed by atoms with Crippen LogP contribution in [0.4, 0.5) is 5.69 Å². The first-order valence-electron chi connectivity index (χ1n) is 5.61. The number of nitrogens with one attached hydrogen (secondary N) is 1.